The second kappa shape index (κ2) is 5.49. The van der Waals surface area contributed by atoms with Crippen LogP contribution in [0.1, 0.15) is 29.2 Å². The molecule has 118 valence electrons. The maximum Gasteiger partial charge on any atom is 0.223 e. The Labute approximate surface area is 133 Å². The second-order valence-electron chi connectivity index (χ2n) is 6.00. The van der Waals surface area contributed by atoms with Crippen LogP contribution in [0.4, 0.5) is 0 Å². The lowest BCUT2D eigenvalue weighted by Gasteiger charge is -2.19. The number of rotatable bonds is 3. The molecule has 3 aromatic heterocycles. The number of fused-ring (bicyclic) bond motifs is 2. The number of carbonyl (C=O) groups excluding carboxylic acids is 1. The summed E-state index contributed by atoms with van der Waals surface area (Å²) in [6.07, 6.45) is 4.25. The second-order valence-corrected chi connectivity index (χ2v) is 6.00. The van der Waals surface area contributed by atoms with E-state index in [1.54, 1.807) is 0 Å². The van der Waals surface area contributed by atoms with Crippen molar-refractivity contribution in [3.63, 3.8) is 0 Å². The third-order valence-electron chi connectivity index (χ3n) is 4.43. The molecule has 4 rings (SSSR count). The molecular weight excluding hydrogens is 292 g/mol. The van der Waals surface area contributed by atoms with Gasteiger partial charge in [-0.3, -0.25) is 4.79 Å². The first-order chi connectivity index (χ1) is 11.2. The average molecular weight is 310 g/mol. The highest BCUT2D eigenvalue weighted by Crippen LogP contribution is 2.22. The summed E-state index contributed by atoms with van der Waals surface area (Å²) in [5.41, 5.74) is 4.80. The van der Waals surface area contributed by atoms with Gasteiger partial charge in [0.1, 0.15) is 5.65 Å². The lowest BCUT2D eigenvalue weighted by atomic mass is 9.89. The van der Waals surface area contributed by atoms with Crippen LogP contribution >= 0.6 is 0 Å². The third kappa shape index (κ3) is 2.58. The largest absolute Gasteiger partial charge is 0.350 e. The number of hydrogen-bond donors (Lipinski definition) is 2. The fourth-order valence-corrected chi connectivity index (χ4v) is 3.11. The van der Waals surface area contributed by atoms with Crippen LogP contribution in [0.3, 0.4) is 0 Å². The van der Waals surface area contributed by atoms with Crippen molar-refractivity contribution >= 4 is 11.6 Å². The fraction of sp³-hybridized carbons (Fsp3) is 0.375. The average Bonchev–Trinajstić information content (AvgIpc) is 3.18. The first-order valence-corrected chi connectivity index (χ1v) is 7.80. The molecule has 2 N–H and O–H groups in total. The molecule has 0 aromatic carbocycles. The van der Waals surface area contributed by atoms with Crippen LogP contribution in [0.25, 0.3) is 5.65 Å². The van der Waals surface area contributed by atoms with Gasteiger partial charge in [-0.25, -0.2) is 4.98 Å². The maximum absolute atomic E-state index is 12.4. The molecule has 7 nitrogen and oxygen atoms in total. The molecule has 0 saturated heterocycles. The highest BCUT2D eigenvalue weighted by atomic mass is 16.1. The Kier molecular flexibility index (Phi) is 3.33. The van der Waals surface area contributed by atoms with Crippen molar-refractivity contribution in [1.82, 2.24) is 30.1 Å². The van der Waals surface area contributed by atoms with Crippen LogP contribution in [0.2, 0.25) is 0 Å². The van der Waals surface area contributed by atoms with E-state index < -0.39 is 0 Å². The zero-order valence-electron chi connectivity index (χ0n) is 12.9. The summed E-state index contributed by atoms with van der Waals surface area (Å²) >= 11 is 0. The van der Waals surface area contributed by atoms with E-state index in [2.05, 4.69) is 25.7 Å². The molecule has 1 aliphatic carbocycles. The third-order valence-corrected chi connectivity index (χ3v) is 4.43. The maximum atomic E-state index is 12.4. The van der Waals surface area contributed by atoms with Crippen molar-refractivity contribution in [2.45, 2.75) is 32.7 Å². The van der Waals surface area contributed by atoms with Crippen molar-refractivity contribution < 1.29 is 4.79 Å². The van der Waals surface area contributed by atoms with Crippen LogP contribution < -0.4 is 5.32 Å². The van der Waals surface area contributed by atoms with Crippen molar-refractivity contribution in [2.75, 3.05) is 0 Å². The topological polar surface area (TPSA) is 88.0 Å². The molecule has 1 aliphatic rings. The minimum absolute atomic E-state index is 0.0358. The van der Waals surface area contributed by atoms with Gasteiger partial charge in [0.15, 0.2) is 0 Å². The van der Waals surface area contributed by atoms with Crippen molar-refractivity contribution in [3.05, 3.63) is 47.2 Å². The summed E-state index contributed by atoms with van der Waals surface area (Å²) in [7, 11) is 0. The number of H-pyrrole nitrogens is 1. The molecule has 0 spiro atoms. The number of aromatic nitrogens is 5. The number of amides is 1. The molecule has 0 aliphatic heterocycles. The number of carbonyl (C=O) groups is 1. The van der Waals surface area contributed by atoms with Gasteiger partial charge >= 0.3 is 0 Å². The van der Waals surface area contributed by atoms with E-state index >= 15 is 0 Å². The summed E-state index contributed by atoms with van der Waals surface area (Å²) in [5.74, 6) is 0.0267. The van der Waals surface area contributed by atoms with Gasteiger partial charge in [-0.2, -0.15) is 15.4 Å². The van der Waals surface area contributed by atoms with Gasteiger partial charge in [-0.15, -0.1) is 0 Å². The monoisotopic (exact) mass is 310 g/mol. The van der Waals surface area contributed by atoms with Crippen LogP contribution in [0.15, 0.2) is 24.4 Å². The van der Waals surface area contributed by atoms with Gasteiger partial charge < -0.3 is 9.72 Å². The van der Waals surface area contributed by atoms with Gasteiger partial charge in [0.05, 0.1) is 23.6 Å². The zero-order chi connectivity index (χ0) is 15.8. The number of aromatic amines is 1. The minimum atomic E-state index is -0.0358. The molecule has 0 saturated carbocycles. The molecule has 3 heterocycles. The first-order valence-electron chi connectivity index (χ1n) is 7.80. The Bertz CT molecular complexity index is 864. The smallest absolute Gasteiger partial charge is 0.223 e. The number of hydrogen-bond acceptors (Lipinski definition) is 4. The molecule has 23 heavy (non-hydrogen) atoms. The lowest BCUT2D eigenvalue weighted by Crippen LogP contribution is -2.33. The standard InChI is InChI=1S/C16H18N6O/c1-10-3-2-4-15-18-12(9-22(10)15)8-17-16(23)11-5-6-13-14(7-11)20-21-19-13/h2-4,9,11H,5-8H2,1H3,(H,17,23)(H,19,20,21). The lowest BCUT2D eigenvalue weighted by molar-refractivity contribution is -0.125. The van der Waals surface area contributed by atoms with E-state index in [1.807, 2.05) is 35.7 Å². The SMILES string of the molecule is Cc1cccc2nc(CNC(=O)C3CCc4n[nH]nc4C3)cn12. The highest BCUT2D eigenvalue weighted by molar-refractivity contribution is 5.79. The van der Waals surface area contributed by atoms with Crippen LogP contribution in [0.5, 0.6) is 0 Å². The molecular formula is C16H18N6O. The van der Waals surface area contributed by atoms with Gasteiger partial charge in [0, 0.05) is 24.2 Å². The Morgan fingerprint density at radius 2 is 2.26 bits per heavy atom. The predicted octanol–water partition coefficient (Wildman–Crippen LogP) is 1.18. The van der Waals surface area contributed by atoms with Gasteiger partial charge in [0.2, 0.25) is 5.91 Å². The molecule has 1 amide bonds. The Morgan fingerprint density at radius 3 is 3.13 bits per heavy atom. The summed E-state index contributed by atoms with van der Waals surface area (Å²) in [6.45, 7) is 2.48. The molecule has 0 fully saturated rings. The summed E-state index contributed by atoms with van der Waals surface area (Å²) in [6, 6.07) is 5.98. The molecule has 0 bridgehead atoms. The van der Waals surface area contributed by atoms with Crippen molar-refractivity contribution in [3.8, 4) is 0 Å². The number of aryl methyl sites for hydroxylation is 2. The number of nitrogens with zero attached hydrogens (tertiary/aromatic N) is 4. The van der Waals surface area contributed by atoms with Crippen molar-refractivity contribution in [2.24, 2.45) is 5.92 Å². The van der Waals surface area contributed by atoms with E-state index in [4.69, 9.17) is 0 Å². The Morgan fingerprint density at radius 1 is 1.39 bits per heavy atom. The molecule has 1 atom stereocenters. The van der Waals surface area contributed by atoms with E-state index in [-0.39, 0.29) is 11.8 Å². The van der Waals surface area contributed by atoms with Crippen molar-refractivity contribution in [1.29, 1.82) is 0 Å². The summed E-state index contributed by atoms with van der Waals surface area (Å²) < 4.78 is 2.03. The number of pyridine rings is 1. The van der Waals surface area contributed by atoms with Gasteiger partial charge in [-0.05, 0) is 31.9 Å². The zero-order valence-corrected chi connectivity index (χ0v) is 12.9. The van der Waals surface area contributed by atoms with E-state index in [0.717, 1.165) is 41.3 Å². The Hall–Kier alpha value is -2.70. The summed E-state index contributed by atoms with van der Waals surface area (Å²) in [5, 5.41) is 13.8. The quantitative estimate of drug-likeness (QED) is 0.760. The predicted molar refractivity (Wildman–Crippen MR) is 83.7 cm³/mol. The van der Waals surface area contributed by atoms with Crippen LogP contribution in [0, 0.1) is 12.8 Å². The minimum Gasteiger partial charge on any atom is -0.350 e. The number of imidazole rings is 1. The van der Waals surface area contributed by atoms with Crippen LogP contribution in [-0.4, -0.2) is 30.7 Å². The molecule has 3 aromatic rings. The summed E-state index contributed by atoms with van der Waals surface area (Å²) in [4.78, 5) is 16.9. The number of nitrogens with one attached hydrogen (secondary N) is 2. The van der Waals surface area contributed by atoms with Gasteiger partial charge in [0.25, 0.3) is 0 Å². The first kappa shape index (κ1) is 13.9. The van der Waals surface area contributed by atoms with Crippen LogP contribution in [-0.2, 0) is 24.2 Å². The fourth-order valence-electron chi connectivity index (χ4n) is 3.11. The molecule has 7 heteroatoms. The Balaban J connectivity index is 1.42. The normalized spacial score (nSPS) is 17.2. The van der Waals surface area contributed by atoms with E-state index in [9.17, 15) is 4.79 Å². The van der Waals surface area contributed by atoms with Gasteiger partial charge in [-0.1, -0.05) is 6.07 Å². The molecule has 1 unspecified atom stereocenters. The highest BCUT2D eigenvalue weighted by Gasteiger charge is 2.27. The van der Waals surface area contributed by atoms with E-state index in [0.29, 0.717) is 13.0 Å². The molecule has 0 radical (unpaired) electrons. The van der Waals surface area contributed by atoms with E-state index in [1.165, 1.54) is 0 Å².